The van der Waals surface area contributed by atoms with E-state index in [0.717, 1.165) is 48.4 Å². The van der Waals surface area contributed by atoms with Crippen molar-refractivity contribution in [3.05, 3.63) is 60.9 Å². The molecule has 4 heteroatoms. The third-order valence-electron chi connectivity index (χ3n) is 5.17. The smallest absolute Gasteiger partial charge is 0.160 e. The van der Waals surface area contributed by atoms with Gasteiger partial charge in [0.2, 0.25) is 0 Å². The number of hydrogen-bond donors (Lipinski definition) is 1. The van der Waals surface area contributed by atoms with Gasteiger partial charge in [-0.15, -0.1) is 0 Å². The molecular formula is C21H20N4. The topological polar surface area (TPSA) is 42.7 Å². The fourth-order valence-electron chi connectivity index (χ4n) is 3.77. The van der Waals surface area contributed by atoms with E-state index < -0.39 is 0 Å². The molecule has 0 aliphatic carbocycles. The molecule has 2 aromatic heterocycles. The Balaban J connectivity index is 1.60. The fourth-order valence-corrected chi connectivity index (χ4v) is 3.77. The van der Waals surface area contributed by atoms with Crippen molar-refractivity contribution >= 4 is 21.9 Å². The molecule has 4 aromatic rings. The number of piperidine rings is 1. The highest BCUT2D eigenvalue weighted by Gasteiger charge is 2.18. The summed E-state index contributed by atoms with van der Waals surface area (Å²) < 4.78 is 2.26. The molecule has 0 amide bonds. The summed E-state index contributed by atoms with van der Waals surface area (Å²) in [5.41, 5.74) is 4.13. The van der Waals surface area contributed by atoms with Crippen molar-refractivity contribution < 1.29 is 0 Å². The standard InChI is InChI=1S/C21H20N4/c1-2-4-16-13-17(6-5-15(16)3-1)19-7-8-20-21(24-19)25(14-23-20)18-9-11-22-12-10-18/h1-8,13-14,18,22H,9-12H2. The first kappa shape index (κ1) is 14.6. The third-order valence-corrected chi connectivity index (χ3v) is 5.17. The highest BCUT2D eigenvalue weighted by molar-refractivity contribution is 5.87. The van der Waals surface area contributed by atoms with Gasteiger partial charge in [-0.2, -0.15) is 0 Å². The summed E-state index contributed by atoms with van der Waals surface area (Å²) >= 11 is 0. The monoisotopic (exact) mass is 328 g/mol. The van der Waals surface area contributed by atoms with Crippen LogP contribution < -0.4 is 5.32 Å². The van der Waals surface area contributed by atoms with Gasteiger partial charge in [0.25, 0.3) is 0 Å². The van der Waals surface area contributed by atoms with Crippen LogP contribution in [0.25, 0.3) is 33.2 Å². The van der Waals surface area contributed by atoms with Crippen LogP contribution in [0, 0.1) is 0 Å². The number of aromatic nitrogens is 3. The lowest BCUT2D eigenvalue weighted by Gasteiger charge is -2.24. The van der Waals surface area contributed by atoms with Crippen LogP contribution in [-0.2, 0) is 0 Å². The zero-order valence-corrected chi connectivity index (χ0v) is 14.0. The number of pyridine rings is 1. The predicted octanol–water partition coefficient (Wildman–Crippen LogP) is 4.18. The van der Waals surface area contributed by atoms with Crippen LogP contribution in [0.15, 0.2) is 60.9 Å². The average molecular weight is 328 g/mol. The number of imidazole rings is 1. The molecule has 2 aromatic carbocycles. The van der Waals surface area contributed by atoms with E-state index in [1.807, 2.05) is 6.33 Å². The van der Waals surface area contributed by atoms with Gasteiger partial charge in [-0.1, -0.05) is 36.4 Å². The van der Waals surface area contributed by atoms with Crippen LogP contribution in [0.3, 0.4) is 0 Å². The molecule has 1 aliphatic heterocycles. The molecule has 3 heterocycles. The van der Waals surface area contributed by atoms with Crippen LogP contribution in [0.1, 0.15) is 18.9 Å². The lowest BCUT2D eigenvalue weighted by molar-refractivity contribution is 0.373. The lowest BCUT2D eigenvalue weighted by atomic mass is 10.0. The van der Waals surface area contributed by atoms with Crippen molar-refractivity contribution in [3.8, 4) is 11.3 Å². The third kappa shape index (κ3) is 2.59. The van der Waals surface area contributed by atoms with Crippen LogP contribution in [-0.4, -0.2) is 27.6 Å². The Morgan fingerprint density at radius 1 is 0.920 bits per heavy atom. The first-order chi connectivity index (χ1) is 12.4. The molecule has 0 radical (unpaired) electrons. The van der Waals surface area contributed by atoms with E-state index in [9.17, 15) is 0 Å². The normalized spacial score (nSPS) is 15.8. The maximum absolute atomic E-state index is 4.97. The molecule has 0 saturated carbocycles. The first-order valence-electron chi connectivity index (χ1n) is 8.92. The zero-order valence-electron chi connectivity index (χ0n) is 14.0. The summed E-state index contributed by atoms with van der Waals surface area (Å²) in [7, 11) is 0. The molecule has 5 rings (SSSR count). The van der Waals surface area contributed by atoms with Crippen molar-refractivity contribution in [3.63, 3.8) is 0 Å². The maximum atomic E-state index is 4.97. The van der Waals surface area contributed by atoms with Gasteiger partial charge in [-0.05, 0) is 54.9 Å². The summed E-state index contributed by atoms with van der Waals surface area (Å²) in [6, 6.07) is 19.6. The van der Waals surface area contributed by atoms with Crippen LogP contribution in [0.4, 0.5) is 0 Å². The van der Waals surface area contributed by atoms with Crippen molar-refractivity contribution in [1.82, 2.24) is 19.9 Å². The fraction of sp³-hybridized carbons (Fsp3) is 0.238. The molecule has 0 unspecified atom stereocenters. The number of benzene rings is 2. The molecule has 0 bridgehead atoms. The second kappa shape index (κ2) is 5.97. The van der Waals surface area contributed by atoms with Gasteiger partial charge in [0.05, 0.1) is 12.0 Å². The molecule has 124 valence electrons. The Morgan fingerprint density at radius 2 is 1.76 bits per heavy atom. The summed E-state index contributed by atoms with van der Waals surface area (Å²) in [5.74, 6) is 0. The van der Waals surface area contributed by atoms with Gasteiger partial charge >= 0.3 is 0 Å². The minimum absolute atomic E-state index is 0.491. The Kier molecular flexibility index (Phi) is 3.49. The van der Waals surface area contributed by atoms with Gasteiger partial charge in [0, 0.05) is 11.6 Å². The zero-order chi connectivity index (χ0) is 16.6. The Morgan fingerprint density at radius 3 is 2.64 bits per heavy atom. The number of fused-ring (bicyclic) bond motifs is 2. The van der Waals surface area contributed by atoms with E-state index in [4.69, 9.17) is 4.98 Å². The predicted molar refractivity (Wildman–Crippen MR) is 102 cm³/mol. The molecular weight excluding hydrogens is 308 g/mol. The quantitative estimate of drug-likeness (QED) is 0.600. The van der Waals surface area contributed by atoms with Crippen molar-refractivity contribution in [2.45, 2.75) is 18.9 Å². The molecule has 1 fully saturated rings. The Labute approximate surface area is 146 Å². The van der Waals surface area contributed by atoms with Crippen LogP contribution >= 0.6 is 0 Å². The second-order valence-corrected chi connectivity index (χ2v) is 6.73. The summed E-state index contributed by atoms with van der Waals surface area (Å²) in [6.45, 7) is 2.13. The van der Waals surface area contributed by atoms with E-state index in [2.05, 4.69) is 69.5 Å². The van der Waals surface area contributed by atoms with Crippen LogP contribution in [0.2, 0.25) is 0 Å². The molecule has 0 spiro atoms. The van der Waals surface area contributed by atoms with E-state index in [-0.39, 0.29) is 0 Å². The minimum Gasteiger partial charge on any atom is -0.317 e. The molecule has 1 aliphatic rings. The van der Waals surface area contributed by atoms with Crippen molar-refractivity contribution in [1.29, 1.82) is 0 Å². The molecule has 25 heavy (non-hydrogen) atoms. The molecule has 0 atom stereocenters. The largest absolute Gasteiger partial charge is 0.317 e. The average Bonchev–Trinajstić information content (AvgIpc) is 3.11. The molecule has 1 saturated heterocycles. The SMILES string of the molecule is c1ccc2cc(-c3ccc4ncn(C5CCNCC5)c4n3)ccc2c1. The number of nitrogens with zero attached hydrogens (tertiary/aromatic N) is 3. The highest BCUT2D eigenvalue weighted by Crippen LogP contribution is 2.27. The second-order valence-electron chi connectivity index (χ2n) is 6.73. The van der Waals surface area contributed by atoms with Gasteiger partial charge in [-0.3, -0.25) is 0 Å². The van der Waals surface area contributed by atoms with Crippen molar-refractivity contribution in [2.75, 3.05) is 13.1 Å². The number of rotatable bonds is 2. The van der Waals surface area contributed by atoms with E-state index in [1.54, 1.807) is 0 Å². The van der Waals surface area contributed by atoms with Gasteiger partial charge in [-0.25, -0.2) is 9.97 Å². The molecule has 1 N–H and O–H groups in total. The first-order valence-corrected chi connectivity index (χ1v) is 8.92. The van der Waals surface area contributed by atoms with Crippen molar-refractivity contribution in [2.24, 2.45) is 0 Å². The summed E-state index contributed by atoms with van der Waals surface area (Å²) in [4.78, 5) is 9.53. The Bertz CT molecular complexity index is 1040. The Hall–Kier alpha value is -2.72. The van der Waals surface area contributed by atoms with E-state index in [1.165, 1.54) is 10.8 Å². The summed E-state index contributed by atoms with van der Waals surface area (Å²) in [6.07, 6.45) is 4.22. The number of hydrogen-bond acceptors (Lipinski definition) is 3. The summed E-state index contributed by atoms with van der Waals surface area (Å²) in [5, 5.41) is 5.93. The minimum atomic E-state index is 0.491. The van der Waals surface area contributed by atoms with Gasteiger partial charge < -0.3 is 9.88 Å². The van der Waals surface area contributed by atoms with Crippen LogP contribution in [0.5, 0.6) is 0 Å². The maximum Gasteiger partial charge on any atom is 0.160 e. The lowest BCUT2D eigenvalue weighted by Crippen LogP contribution is -2.29. The van der Waals surface area contributed by atoms with Gasteiger partial charge in [0.15, 0.2) is 5.65 Å². The van der Waals surface area contributed by atoms with E-state index in [0.29, 0.717) is 6.04 Å². The molecule has 4 nitrogen and oxygen atoms in total. The van der Waals surface area contributed by atoms with Gasteiger partial charge in [0.1, 0.15) is 5.52 Å². The van der Waals surface area contributed by atoms with E-state index >= 15 is 0 Å². The number of nitrogens with one attached hydrogen (secondary N) is 1. The highest BCUT2D eigenvalue weighted by atomic mass is 15.1.